The number of hydrogen-bond donors (Lipinski definition) is 1. The van der Waals surface area contributed by atoms with Gasteiger partial charge in [-0.1, -0.05) is 25.1 Å². The van der Waals surface area contributed by atoms with Gasteiger partial charge in [0.05, 0.1) is 5.52 Å². The van der Waals surface area contributed by atoms with Crippen molar-refractivity contribution in [1.29, 1.82) is 0 Å². The second kappa shape index (κ2) is 5.08. The maximum Gasteiger partial charge on any atom is 0.0704 e. The smallest absolute Gasteiger partial charge is 0.0704 e. The van der Waals surface area contributed by atoms with Crippen LogP contribution < -0.4 is 5.32 Å². The molecule has 2 heteroatoms. The van der Waals surface area contributed by atoms with Crippen LogP contribution in [0.3, 0.4) is 0 Å². The van der Waals surface area contributed by atoms with Crippen LogP contribution in [0.25, 0.3) is 10.9 Å². The molecule has 84 valence electrons. The number of nitrogens with one attached hydrogen (secondary N) is 1. The van der Waals surface area contributed by atoms with Gasteiger partial charge in [-0.3, -0.25) is 4.98 Å². The van der Waals surface area contributed by atoms with Gasteiger partial charge in [-0.05, 0) is 37.6 Å². The van der Waals surface area contributed by atoms with Gasteiger partial charge in [-0.25, -0.2) is 0 Å². The fraction of sp³-hybridized carbons (Fsp3) is 0.357. The molecule has 16 heavy (non-hydrogen) atoms. The lowest BCUT2D eigenvalue weighted by molar-refractivity contribution is 0.545. The molecule has 0 saturated carbocycles. The number of benzene rings is 1. The first kappa shape index (κ1) is 11.1. The number of pyridine rings is 1. The third kappa shape index (κ3) is 2.22. The van der Waals surface area contributed by atoms with Crippen molar-refractivity contribution in [2.24, 2.45) is 0 Å². The summed E-state index contributed by atoms with van der Waals surface area (Å²) in [5, 5.41) is 4.62. The van der Waals surface area contributed by atoms with Gasteiger partial charge in [0.2, 0.25) is 0 Å². The van der Waals surface area contributed by atoms with Gasteiger partial charge in [0.25, 0.3) is 0 Å². The lowest BCUT2D eigenvalue weighted by Crippen LogP contribution is -2.26. The lowest BCUT2D eigenvalue weighted by atomic mass is 10.0. The number of nitrogens with zero attached hydrogens (tertiary/aromatic N) is 1. The molecule has 1 aromatic heterocycles. The Morgan fingerprint density at radius 1 is 1.25 bits per heavy atom. The molecule has 2 nitrogen and oxygen atoms in total. The van der Waals surface area contributed by atoms with Crippen molar-refractivity contribution in [2.45, 2.75) is 25.8 Å². The molecule has 1 atom stereocenters. The standard InChI is InChI=1S/C14H18N2/c1-3-12(15-2)10-11-8-9-16-14-7-5-4-6-13(11)14/h4-9,12,15H,3,10H2,1-2H3. The Balaban J connectivity index is 2.36. The van der Waals surface area contributed by atoms with Gasteiger partial charge in [0.15, 0.2) is 0 Å². The van der Waals surface area contributed by atoms with Crippen molar-refractivity contribution in [3.8, 4) is 0 Å². The predicted molar refractivity (Wildman–Crippen MR) is 68.6 cm³/mol. The molecule has 0 fully saturated rings. The molecule has 0 radical (unpaired) electrons. The summed E-state index contributed by atoms with van der Waals surface area (Å²) in [6.45, 7) is 2.21. The molecule has 2 aromatic rings. The highest BCUT2D eigenvalue weighted by Gasteiger charge is 2.07. The Morgan fingerprint density at radius 2 is 2.06 bits per heavy atom. The van der Waals surface area contributed by atoms with Gasteiger partial charge in [-0.2, -0.15) is 0 Å². The van der Waals surface area contributed by atoms with Crippen LogP contribution in [0.4, 0.5) is 0 Å². The number of rotatable bonds is 4. The first-order valence-corrected chi connectivity index (χ1v) is 5.85. The summed E-state index contributed by atoms with van der Waals surface area (Å²) in [5.41, 5.74) is 2.47. The maximum atomic E-state index is 4.38. The van der Waals surface area contributed by atoms with Gasteiger partial charge in [-0.15, -0.1) is 0 Å². The molecule has 0 aliphatic rings. The van der Waals surface area contributed by atoms with Crippen LogP contribution in [0.15, 0.2) is 36.5 Å². The highest BCUT2D eigenvalue weighted by molar-refractivity contribution is 5.81. The van der Waals surface area contributed by atoms with E-state index in [1.807, 2.05) is 19.3 Å². The SMILES string of the molecule is CCC(Cc1ccnc2ccccc12)NC. The van der Waals surface area contributed by atoms with Crippen LogP contribution in [0, 0.1) is 0 Å². The van der Waals surface area contributed by atoms with Crippen LogP contribution in [0.1, 0.15) is 18.9 Å². The average molecular weight is 214 g/mol. The molecule has 1 heterocycles. The summed E-state index contributed by atoms with van der Waals surface area (Å²) in [4.78, 5) is 4.38. The fourth-order valence-corrected chi connectivity index (χ4v) is 2.05. The Hall–Kier alpha value is -1.41. The van der Waals surface area contributed by atoms with Crippen molar-refractivity contribution >= 4 is 10.9 Å². The zero-order chi connectivity index (χ0) is 11.4. The summed E-state index contributed by atoms with van der Waals surface area (Å²) in [5.74, 6) is 0. The highest BCUT2D eigenvalue weighted by atomic mass is 14.9. The predicted octanol–water partition coefficient (Wildman–Crippen LogP) is 2.78. The van der Waals surface area contributed by atoms with Crippen molar-refractivity contribution in [3.63, 3.8) is 0 Å². The van der Waals surface area contributed by atoms with E-state index < -0.39 is 0 Å². The minimum atomic E-state index is 0.547. The van der Waals surface area contributed by atoms with Crippen molar-refractivity contribution < 1.29 is 0 Å². The van der Waals surface area contributed by atoms with Gasteiger partial charge >= 0.3 is 0 Å². The lowest BCUT2D eigenvalue weighted by Gasteiger charge is -2.14. The van der Waals surface area contributed by atoms with Gasteiger partial charge in [0, 0.05) is 17.6 Å². The van der Waals surface area contributed by atoms with E-state index in [-0.39, 0.29) is 0 Å². The molecule has 1 unspecified atom stereocenters. The summed E-state index contributed by atoms with van der Waals surface area (Å²) < 4.78 is 0. The van der Waals surface area contributed by atoms with Gasteiger partial charge < -0.3 is 5.32 Å². The molecule has 0 bridgehead atoms. The first-order chi connectivity index (χ1) is 7.85. The van der Waals surface area contributed by atoms with E-state index in [4.69, 9.17) is 0 Å². The number of fused-ring (bicyclic) bond motifs is 1. The molecule has 0 aliphatic carbocycles. The Morgan fingerprint density at radius 3 is 2.81 bits per heavy atom. The largest absolute Gasteiger partial charge is 0.317 e. The van der Waals surface area contributed by atoms with Gasteiger partial charge in [0.1, 0.15) is 0 Å². The normalized spacial score (nSPS) is 12.9. The molecular formula is C14H18N2. The third-order valence-corrected chi connectivity index (χ3v) is 3.11. The second-order valence-electron chi connectivity index (χ2n) is 4.09. The first-order valence-electron chi connectivity index (χ1n) is 5.85. The second-order valence-corrected chi connectivity index (χ2v) is 4.09. The van der Waals surface area contributed by atoms with E-state index in [0.717, 1.165) is 18.4 Å². The van der Waals surface area contributed by atoms with Crippen LogP contribution in [-0.2, 0) is 6.42 Å². The zero-order valence-electron chi connectivity index (χ0n) is 9.90. The molecule has 0 aliphatic heterocycles. The Kier molecular flexibility index (Phi) is 3.52. The monoisotopic (exact) mass is 214 g/mol. The minimum Gasteiger partial charge on any atom is -0.317 e. The van der Waals surface area contributed by atoms with Crippen molar-refractivity contribution in [1.82, 2.24) is 10.3 Å². The van der Waals surface area contributed by atoms with Crippen molar-refractivity contribution in [2.75, 3.05) is 7.05 Å². The number of likely N-dealkylation sites (N-methyl/N-ethyl adjacent to an activating group) is 1. The molecular weight excluding hydrogens is 196 g/mol. The molecule has 0 saturated heterocycles. The summed E-state index contributed by atoms with van der Waals surface area (Å²) in [6, 6.07) is 11.0. The summed E-state index contributed by atoms with van der Waals surface area (Å²) in [7, 11) is 2.03. The fourth-order valence-electron chi connectivity index (χ4n) is 2.05. The van der Waals surface area contributed by atoms with Crippen LogP contribution in [0.5, 0.6) is 0 Å². The highest BCUT2D eigenvalue weighted by Crippen LogP contribution is 2.18. The molecule has 1 N–H and O–H groups in total. The quantitative estimate of drug-likeness (QED) is 0.846. The maximum absolute atomic E-state index is 4.38. The molecule has 1 aromatic carbocycles. The number of aromatic nitrogens is 1. The number of hydrogen-bond acceptors (Lipinski definition) is 2. The van der Waals surface area contributed by atoms with Crippen LogP contribution in [-0.4, -0.2) is 18.1 Å². The zero-order valence-corrected chi connectivity index (χ0v) is 9.90. The molecule has 0 spiro atoms. The van der Waals surface area contributed by atoms with Crippen LogP contribution >= 0.6 is 0 Å². The van der Waals surface area contributed by atoms with Crippen molar-refractivity contribution in [3.05, 3.63) is 42.1 Å². The van der Waals surface area contributed by atoms with E-state index in [9.17, 15) is 0 Å². The van der Waals surface area contributed by atoms with E-state index in [0.29, 0.717) is 6.04 Å². The van der Waals surface area contributed by atoms with Crippen LogP contribution in [0.2, 0.25) is 0 Å². The average Bonchev–Trinajstić information content (AvgIpc) is 2.36. The molecule has 0 amide bonds. The Labute approximate surface area is 96.7 Å². The summed E-state index contributed by atoms with van der Waals surface area (Å²) in [6.07, 6.45) is 4.11. The van der Waals surface area contributed by atoms with E-state index in [1.165, 1.54) is 10.9 Å². The van der Waals surface area contributed by atoms with E-state index >= 15 is 0 Å². The summed E-state index contributed by atoms with van der Waals surface area (Å²) >= 11 is 0. The topological polar surface area (TPSA) is 24.9 Å². The number of para-hydroxylation sites is 1. The Bertz CT molecular complexity index is 456. The molecule has 2 rings (SSSR count). The van der Waals surface area contributed by atoms with E-state index in [1.54, 1.807) is 0 Å². The minimum absolute atomic E-state index is 0.547. The third-order valence-electron chi connectivity index (χ3n) is 3.11. The van der Waals surface area contributed by atoms with E-state index in [2.05, 4.69) is 41.5 Å².